The number of hydrogen-bond acceptors (Lipinski definition) is 6. The van der Waals surface area contributed by atoms with Gasteiger partial charge in [-0.3, -0.25) is 4.79 Å². The highest BCUT2D eigenvalue weighted by molar-refractivity contribution is 5.78. The predicted octanol–water partition coefficient (Wildman–Crippen LogP) is 3.99. The summed E-state index contributed by atoms with van der Waals surface area (Å²) >= 11 is 0. The van der Waals surface area contributed by atoms with Gasteiger partial charge < -0.3 is 14.6 Å². The number of nitrogens with zero attached hydrogens (tertiary/aromatic N) is 3. The van der Waals surface area contributed by atoms with Gasteiger partial charge in [-0.2, -0.15) is 0 Å². The van der Waals surface area contributed by atoms with Crippen LogP contribution in [0, 0.1) is 18.8 Å². The van der Waals surface area contributed by atoms with Crippen LogP contribution in [0.3, 0.4) is 0 Å². The Balaban J connectivity index is 1.42. The first-order valence-corrected chi connectivity index (χ1v) is 11.2. The maximum absolute atomic E-state index is 12.3. The molecule has 0 aromatic carbocycles. The van der Waals surface area contributed by atoms with Crippen LogP contribution >= 0.6 is 0 Å². The smallest absolute Gasteiger partial charge is 0.225 e. The van der Waals surface area contributed by atoms with Crippen LogP contribution in [0.4, 0.5) is 0 Å². The molecule has 0 radical (unpaired) electrons. The molecule has 2 fully saturated rings. The zero-order valence-corrected chi connectivity index (χ0v) is 18.2. The van der Waals surface area contributed by atoms with Crippen LogP contribution in [0.2, 0.25) is 0 Å². The Morgan fingerprint density at radius 1 is 1.23 bits per heavy atom. The summed E-state index contributed by atoms with van der Waals surface area (Å²) in [5.74, 6) is 2.97. The number of rotatable bonds is 6. The first-order valence-electron chi connectivity index (χ1n) is 11.2. The highest BCUT2D eigenvalue weighted by Crippen LogP contribution is 2.39. The summed E-state index contributed by atoms with van der Waals surface area (Å²) in [5.41, 5.74) is 2.89. The third-order valence-electron chi connectivity index (χ3n) is 6.35. The molecule has 1 N–H and O–H groups in total. The van der Waals surface area contributed by atoms with Crippen LogP contribution in [0.5, 0.6) is 0 Å². The largest absolute Gasteiger partial charge is 0.381 e. The molecule has 0 spiro atoms. The van der Waals surface area contributed by atoms with Crippen molar-refractivity contribution < 1.29 is 14.1 Å². The molecular weight excluding hydrogens is 380 g/mol. The number of carbonyl (C=O) groups excluding carboxylic acids is 1. The first kappa shape index (κ1) is 21.0. The summed E-state index contributed by atoms with van der Waals surface area (Å²) in [5, 5.41) is 7.19. The van der Waals surface area contributed by atoms with Gasteiger partial charge >= 0.3 is 0 Å². The lowest BCUT2D eigenvalue weighted by molar-refractivity contribution is -0.125. The van der Waals surface area contributed by atoms with Crippen molar-refractivity contribution >= 4 is 5.91 Å². The highest BCUT2D eigenvalue weighted by atomic mass is 16.5. The molecule has 3 heterocycles. The Hall–Kier alpha value is -2.28. The number of aromatic nitrogens is 3. The van der Waals surface area contributed by atoms with Gasteiger partial charge in [0.2, 0.25) is 5.91 Å². The standard InChI is InChI=1S/C23H32N4O3/c1-14(2)22-24-12-19(20-10-15(3)27-30-20)21(26-22)17-6-4-16(5-7-17)11-25-23(28)18-8-9-29-13-18/h10,12,14,16-18H,4-9,11,13H2,1-3H3,(H,25,28). The SMILES string of the molecule is Cc1cc(-c2cnc(C(C)C)nc2C2CCC(CNC(=O)C3CCOC3)CC2)on1. The minimum atomic E-state index is 0.0322. The summed E-state index contributed by atoms with van der Waals surface area (Å²) in [4.78, 5) is 21.8. The molecule has 1 aliphatic heterocycles. The van der Waals surface area contributed by atoms with E-state index in [1.807, 2.05) is 19.2 Å². The van der Waals surface area contributed by atoms with Crippen molar-refractivity contribution in [2.24, 2.45) is 11.8 Å². The molecule has 162 valence electrons. The number of carbonyl (C=O) groups is 1. The van der Waals surface area contributed by atoms with Crippen molar-refractivity contribution in [3.8, 4) is 11.3 Å². The first-order chi connectivity index (χ1) is 14.5. The van der Waals surface area contributed by atoms with E-state index in [-0.39, 0.29) is 17.7 Å². The van der Waals surface area contributed by atoms with E-state index in [2.05, 4.69) is 29.3 Å². The highest BCUT2D eigenvalue weighted by Gasteiger charge is 2.29. The van der Waals surface area contributed by atoms with Crippen LogP contribution < -0.4 is 5.32 Å². The van der Waals surface area contributed by atoms with Crippen LogP contribution in [0.15, 0.2) is 16.8 Å². The van der Waals surface area contributed by atoms with E-state index in [1.165, 1.54) is 0 Å². The van der Waals surface area contributed by atoms with Crippen molar-refractivity contribution in [1.82, 2.24) is 20.4 Å². The van der Waals surface area contributed by atoms with Gasteiger partial charge in [0.15, 0.2) is 5.76 Å². The van der Waals surface area contributed by atoms with Gasteiger partial charge in [-0.15, -0.1) is 0 Å². The third-order valence-corrected chi connectivity index (χ3v) is 6.35. The average Bonchev–Trinajstić information content (AvgIpc) is 3.44. The fraction of sp³-hybridized carbons (Fsp3) is 0.652. The topological polar surface area (TPSA) is 90.1 Å². The van der Waals surface area contributed by atoms with Crippen molar-refractivity contribution in [2.45, 2.75) is 64.7 Å². The predicted molar refractivity (Wildman–Crippen MR) is 113 cm³/mol. The summed E-state index contributed by atoms with van der Waals surface area (Å²) in [6.45, 7) is 8.19. The normalized spacial score (nSPS) is 24.3. The van der Waals surface area contributed by atoms with Crippen molar-refractivity contribution in [3.63, 3.8) is 0 Å². The van der Waals surface area contributed by atoms with Gasteiger partial charge in [0.25, 0.3) is 0 Å². The van der Waals surface area contributed by atoms with E-state index >= 15 is 0 Å². The van der Waals surface area contributed by atoms with Crippen molar-refractivity contribution in [1.29, 1.82) is 0 Å². The Morgan fingerprint density at radius 2 is 2.03 bits per heavy atom. The molecule has 7 heteroatoms. The average molecular weight is 413 g/mol. The maximum atomic E-state index is 12.3. The van der Waals surface area contributed by atoms with Gasteiger partial charge in [0, 0.05) is 37.3 Å². The number of amides is 1. The molecule has 30 heavy (non-hydrogen) atoms. The molecule has 1 saturated heterocycles. The molecule has 0 bridgehead atoms. The van der Waals surface area contributed by atoms with Crippen LogP contribution in [-0.2, 0) is 9.53 Å². The van der Waals surface area contributed by atoms with Gasteiger partial charge in [-0.05, 0) is 44.9 Å². The molecule has 1 unspecified atom stereocenters. The maximum Gasteiger partial charge on any atom is 0.225 e. The minimum absolute atomic E-state index is 0.0322. The van der Waals surface area contributed by atoms with E-state index in [9.17, 15) is 4.79 Å². The Labute approximate surface area is 178 Å². The van der Waals surface area contributed by atoms with Crippen LogP contribution in [-0.4, -0.2) is 40.8 Å². The van der Waals surface area contributed by atoms with Crippen molar-refractivity contribution in [3.05, 3.63) is 29.5 Å². The van der Waals surface area contributed by atoms with E-state index < -0.39 is 0 Å². The number of aryl methyl sites for hydroxylation is 1. The molecule has 1 amide bonds. The van der Waals surface area contributed by atoms with E-state index in [1.54, 1.807) is 0 Å². The number of hydrogen-bond donors (Lipinski definition) is 1. The monoisotopic (exact) mass is 412 g/mol. The molecular formula is C23H32N4O3. The lowest BCUT2D eigenvalue weighted by Crippen LogP contribution is -2.35. The Kier molecular flexibility index (Phi) is 6.46. The van der Waals surface area contributed by atoms with Crippen LogP contribution in [0.25, 0.3) is 11.3 Å². The fourth-order valence-electron chi connectivity index (χ4n) is 4.45. The zero-order valence-electron chi connectivity index (χ0n) is 18.2. The van der Waals surface area contributed by atoms with E-state index in [0.29, 0.717) is 25.0 Å². The van der Waals surface area contributed by atoms with Gasteiger partial charge in [0.1, 0.15) is 5.82 Å². The van der Waals surface area contributed by atoms with E-state index in [4.69, 9.17) is 14.2 Å². The molecule has 2 aliphatic rings. The molecule has 7 nitrogen and oxygen atoms in total. The lowest BCUT2D eigenvalue weighted by atomic mass is 9.79. The molecule has 1 atom stereocenters. The van der Waals surface area contributed by atoms with Crippen LogP contribution in [0.1, 0.15) is 75.0 Å². The minimum Gasteiger partial charge on any atom is -0.381 e. The van der Waals surface area contributed by atoms with Gasteiger partial charge in [0.05, 0.1) is 29.5 Å². The van der Waals surface area contributed by atoms with E-state index in [0.717, 1.165) is 67.2 Å². The summed E-state index contributed by atoms with van der Waals surface area (Å²) in [7, 11) is 0. The summed E-state index contributed by atoms with van der Waals surface area (Å²) in [6, 6.07) is 1.95. The van der Waals surface area contributed by atoms with Gasteiger partial charge in [-0.25, -0.2) is 9.97 Å². The molecule has 2 aromatic rings. The second-order valence-electron chi connectivity index (χ2n) is 9.04. The second kappa shape index (κ2) is 9.25. The molecule has 1 aliphatic carbocycles. The summed E-state index contributed by atoms with van der Waals surface area (Å²) in [6.07, 6.45) is 7.02. The fourth-order valence-corrected chi connectivity index (χ4v) is 4.45. The number of nitrogens with one attached hydrogen (secondary N) is 1. The summed E-state index contributed by atoms with van der Waals surface area (Å²) < 4.78 is 10.9. The molecule has 1 saturated carbocycles. The van der Waals surface area contributed by atoms with Gasteiger partial charge in [-0.1, -0.05) is 19.0 Å². The van der Waals surface area contributed by atoms with Crippen molar-refractivity contribution in [2.75, 3.05) is 19.8 Å². The second-order valence-corrected chi connectivity index (χ2v) is 9.04. The quantitative estimate of drug-likeness (QED) is 0.771. The number of ether oxygens (including phenoxy) is 1. The lowest BCUT2D eigenvalue weighted by Gasteiger charge is -2.29. The molecule has 4 rings (SSSR count). The third kappa shape index (κ3) is 4.72. The zero-order chi connectivity index (χ0) is 21.1. The Morgan fingerprint density at radius 3 is 2.67 bits per heavy atom. The Bertz CT molecular complexity index is 865. The molecule has 2 aromatic heterocycles.